The molecule has 5 heteroatoms. The molecule has 92 valence electrons. The number of carbonyl (C=O) groups excluding carboxylic acids is 1. The van der Waals surface area contributed by atoms with Gasteiger partial charge in [0.2, 0.25) is 0 Å². The molecule has 1 aliphatic rings. The smallest absolute Gasteiger partial charge is 0.255 e. The number of nitrogens with zero attached hydrogens (tertiary/aromatic N) is 1. The van der Waals surface area contributed by atoms with E-state index in [1.54, 1.807) is 6.07 Å². The zero-order chi connectivity index (χ0) is 12.3. The highest BCUT2D eigenvalue weighted by molar-refractivity contribution is 14.1. The minimum atomic E-state index is 0.0839. The van der Waals surface area contributed by atoms with E-state index in [2.05, 4.69) is 27.9 Å². The Morgan fingerprint density at radius 2 is 2.18 bits per heavy atom. The number of nitrogens with one attached hydrogen (secondary N) is 1. The summed E-state index contributed by atoms with van der Waals surface area (Å²) in [5.74, 6) is 0.0839. The van der Waals surface area contributed by atoms with Crippen molar-refractivity contribution in [1.82, 2.24) is 10.2 Å². The fraction of sp³-hybridized carbons (Fsp3) is 0.417. The van der Waals surface area contributed by atoms with Gasteiger partial charge >= 0.3 is 0 Å². The van der Waals surface area contributed by atoms with Gasteiger partial charge in [0.15, 0.2) is 0 Å². The fourth-order valence-electron chi connectivity index (χ4n) is 1.88. The third-order valence-corrected chi connectivity index (χ3v) is 3.96. The molecular weight excluding hydrogens is 351 g/mol. The van der Waals surface area contributed by atoms with Gasteiger partial charge in [-0.05, 0) is 53.8 Å². The van der Waals surface area contributed by atoms with E-state index >= 15 is 0 Å². The van der Waals surface area contributed by atoms with Gasteiger partial charge in [-0.1, -0.05) is 11.6 Å². The van der Waals surface area contributed by atoms with E-state index in [0.29, 0.717) is 10.6 Å². The van der Waals surface area contributed by atoms with Gasteiger partial charge in [0, 0.05) is 28.2 Å². The number of rotatable bonds is 1. The third-order valence-electron chi connectivity index (χ3n) is 2.79. The molecule has 17 heavy (non-hydrogen) atoms. The van der Waals surface area contributed by atoms with Crippen LogP contribution in [0.5, 0.6) is 0 Å². The molecule has 2 rings (SSSR count). The standard InChI is InChI=1S/C12H14ClIN2O/c13-9-2-3-11(14)10(8-9)12(17)16-6-1-4-15-5-7-16/h2-3,8,15H,1,4-7H2. The second kappa shape index (κ2) is 6.02. The number of amides is 1. The summed E-state index contributed by atoms with van der Waals surface area (Å²) in [6.45, 7) is 3.43. The average molecular weight is 365 g/mol. The van der Waals surface area contributed by atoms with E-state index in [1.807, 2.05) is 17.0 Å². The summed E-state index contributed by atoms with van der Waals surface area (Å²) in [6, 6.07) is 5.44. The molecule has 1 fully saturated rings. The zero-order valence-electron chi connectivity index (χ0n) is 9.38. The van der Waals surface area contributed by atoms with Crippen LogP contribution in [0.3, 0.4) is 0 Å². The molecule has 0 aromatic heterocycles. The van der Waals surface area contributed by atoms with Crippen LogP contribution in [0.2, 0.25) is 5.02 Å². The quantitative estimate of drug-likeness (QED) is 0.776. The Hall–Kier alpha value is -0.330. The highest BCUT2D eigenvalue weighted by atomic mass is 127. The number of hydrogen-bond acceptors (Lipinski definition) is 2. The molecule has 0 spiro atoms. The Balaban J connectivity index is 2.20. The van der Waals surface area contributed by atoms with Crippen molar-refractivity contribution in [3.8, 4) is 0 Å². The molecule has 0 saturated carbocycles. The van der Waals surface area contributed by atoms with Crippen LogP contribution in [0.4, 0.5) is 0 Å². The number of halogens is 2. The Labute approximate surface area is 120 Å². The largest absolute Gasteiger partial charge is 0.337 e. The lowest BCUT2D eigenvalue weighted by molar-refractivity contribution is 0.0765. The summed E-state index contributed by atoms with van der Waals surface area (Å²) in [6.07, 6.45) is 1.00. The average Bonchev–Trinajstić information content (AvgIpc) is 2.60. The molecular formula is C12H14ClIN2O. The van der Waals surface area contributed by atoms with Gasteiger partial charge in [0.25, 0.3) is 5.91 Å². The van der Waals surface area contributed by atoms with Crippen molar-refractivity contribution >= 4 is 40.1 Å². The summed E-state index contributed by atoms with van der Waals surface area (Å²) in [5, 5.41) is 3.90. The van der Waals surface area contributed by atoms with Crippen molar-refractivity contribution in [2.24, 2.45) is 0 Å². The van der Waals surface area contributed by atoms with Crippen LogP contribution in [-0.4, -0.2) is 37.0 Å². The lowest BCUT2D eigenvalue weighted by Crippen LogP contribution is -2.34. The van der Waals surface area contributed by atoms with E-state index in [4.69, 9.17) is 11.6 Å². The van der Waals surface area contributed by atoms with Gasteiger partial charge in [-0.15, -0.1) is 0 Å². The Bertz CT molecular complexity index is 417. The number of hydrogen-bond donors (Lipinski definition) is 1. The molecule has 0 atom stereocenters. The van der Waals surface area contributed by atoms with Gasteiger partial charge in [-0.3, -0.25) is 4.79 Å². The second-order valence-electron chi connectivity index (χ2n) is 4.02. The van der Waals surface area contributed by atoms with Crippen molar-refractivity contribution in [2.75, 3.05) is 26.2 Å². The highest BCUT2D eigenvalue weighted by Gasteiger charge is 2.19. The summed E-state index contributed by atoms with van der Waals surface area (Å²) in [5.41, 5.74) is 0.708. The Morgan fingerprint density at radius 1 is 1.35 bits per heavy atom. The molecule has 1 amide bonds. The van der Waals surface area contributed by atoms with Crippen molar-refractivity contribution in [3.63, 3.8) is 0 Å². The topological polar surface area (TPSA) is 32.3 Å². The van der Waals surface area contributed by atoms with Crippen LogP contribution in [0.1, 0.15) is 16.8 Å². The van der Waals surface area contributed by atoms with E-state index in [-0.39, 0.29) is 5.91 Å². The van der Waals surface area contributed by atoms with E-state index in [9.17, 15) is 4.79 Å². The molecule has 1 aromatic carbocycles. The second-order valence-corrected chi connectivity index (χ2v) is 5.62. The Morgan fingerprint density at radius 3 is 3.00 bits per heavy atom. The first kappa shape index (κ1) is 13.1. The molecule has 1 saturated heterocycles. The monoisotopic (exact) mass is 364 g/mol. The van der Waals surface area contributed by atoms with Gasteiger partial charge < -0.3 is 10.2 Å². The minimum Gasteiger partial charge on any atom is -0.337 e. The normalized spacial score (nSPS) is 16.7. The van der Waals surface area contributed by atoms with Gasteiger partial charge in [0.1, 0.15) is 0 Å². The molecule has 1 heterocycles. The highest BCUT2D eigenvalue weighted by Crippen LogP contribution is 2.19. The van der Waals surface area contributed by atoms with Crippen molar-refractivity contribution in [3.05, 3.63) is 32.4 Å². The van der Waals surface area contributed by atoms with E-state index in [0.717, 1.165) is 36.2 Å². The molecule has 3 nitrogen and oxygen atoms in total. The van der Waals surface area contributed by atoms with E-state index in [1.165, 1.54) is 0 Å². The van der Waals surface area contributed by atoms with Crippen LogP contribution in [0.25, 0.3) is 0 Å². The fourth-order valence-corrected chi connectivity index (χ4v) is 2.62. The number of benzene rings is 1. The maximum Gasteiger partial charge on any atom is 0.255 e. The maximum absolute atomic E-state index is 12.4. The van der Waals surface area contributed by atoms with Crippen LogP contribution in [-0.2, 0) is 0 Å². The van der Waals surface area contributed by atoms with Gasteiger partial charge in [-0.25, -0.2) is 0 Å². The first-order valence-electron chi connectivity index (χ1n) is 5.63. The lowest BCUT2D eigenvalue weighted by atomic mass is 10.2. The maximum atomic E-state index is 12.4. The summed E-state index contributed by atoms with van der Waals surface area (Å²) in [4.78, 5) is 14.3. The summed E-state index contributed by atoms with van der Waals surface area (Å²) in [7, 11) is 0. The predicted molar refractivity (Wildman–Crippen MR) is 77.6 cm³/mol. The molecule has 1 aromatic rings. The van der Waals surface area contributed by atoms with Crippen molar-refractivity contribution in [1.29, 1.82) is 0 Å². The molecule has 0 unspecified atom stereocenters. The summed E-state index contributed by atoms with van der Waals surface area (Å²) < 4.78 is 0.953. The molecule has 0 bridgehead atoms. The first-order chi connectivity index (χ1) is 8.18. The van der Waals surface area contributed by atoms with Crippen molar-refractivity contribution in [2.45, 2.75) is 6.42 Å². The van der Waals surface area contributed by atoms with Gasteiger partial charge in [-0.2, -0.15) is 0 Å². The Kier molecular flexibility index (Phi) is 4.64. The molecule has 0 aliphatic carbocycles. The zero-order valence-corrected chi connectivity index (χ0v) is 12.3. The van der Waals surface area contributed by atoms with Crippen LogP contribution < -0.4 is 5.32 Å². The third kappa shape index (κ3) is 3.33. The molecule has 1 aliphatic heterocycles. The SMILES string of the molecule is O=C(c1cc(Cl)ccc1I)N1CCCNCC1. The number of carbonyl (C=O) groups is 1. The van der Waals surface area contributed by atoms with Crippen molar-refractivity contribution < 1.29 is 4.79 Å². The molecule has 0 radical (unpaired) electrons. The first-order valence-corrected chi connectivity index (χ1v) is 7.09. The van der Waals surface area contributed by atoms with E-state index < -0.39 is 0 Å². The minimum absolute atomic E-state index is 0.0839. The predicted octanol–water partition coefficient (Wildman–Crippen LogP) is 2.38. The lowest BCUT2D eigenvalue weighted by Gasteiger charge is -2.20. The van der Waals surface area contributed by atoms with Gasteiger partial charge in [0.05, 0.1) is 5.56 Å². The summed E-state index contributed by atoms with van der Waals surface area (Å²) >= 11 is 8.12. The van der Waals surface area contributed by atoms with Crippen LogP contribution in [0, 0.1) is 3.57 Å². The van der Waals surface area contributed by atoms with Crippen LogP contribution >= 0.6 is 34.2 Å². The molecule has 1 N–H and O–H groups in total. The van der Waals surface area contributed by atoms with Crippen LogP contribution in [0.15, 0.2) is 18.2 Å².